The lowest BCUT2D eigenvalue weighted by Gasteiger charge is -2.35. The van der Waals surface area contributed by atoms with Gasteiger partial charge in [-0.1, -0.05) is 17.7 Å². The molecule has 38 heavy (non-hydrogen) atoms. The van der Waals surface area contributed by atoms with Crippen LogP contribution in [0.4, 0.5) is 24.5 Å². The molecular weight excluding hydrogens is 527 g/mol. The van der Waals surface area contributed by atoms with E-state index in [1.807, 2.05) is 0 Å². The zero-order valence-corrected chi connectivity index (χ0v) is 20.7. The van der Waals surface area contributed by atoms with Crippen molar-refractivity contribution in [2.24, 2.45) is 0 Å². The molecule has 1 amide bonds. The van der Waals surface area contributed by atoms with Crippen LogP contribution in [0.5, 0.6) is 11.6 Å². The molecule has 4 N–H and O–H groups in total. The van der Waals surface area contributed by atoms with Crippen LogP contribution in [-0.4, -0.2) is 45.2 Å². The molecule has 0 saturated heterocycles. The SMILES string of the molecule is COCC1(C)Nc2c(cnc3[nH]cc(C(O)c4ccc(Oc5cc(C(F)(F)F)ccn5)cc4Cl)c23)NC1=O. The van der Waals surface area contributed by atoms with Gasteiger partial charge in [0.25, 0.3) is 5.91 Å². The van der Waals surface area contributed by atoms with E-state index in [1.54, 1.807) is 13.1 Å². The predicted octanol–water partition coefficient (Wildman–Crippen LogP) is 5.27. The highest BCUT2D eigenvalue weighted by Crippen LogP contribution is 2.42. The first-order valence-electron chi connectivity index (χ1n) is 11.3. The number of aliphatic hydroxyl groups is 1. The van der Waals surface area contributed by atoms with E-state index in [2.05, 4.69) is 25.6 Å². The number of fused-ring (bicyclic) bond motifs is 3. The number of anilines is 2. The molecule has 2 unspecified atom stereocenters. The molecule has 0 spiro atoms. The molecule has 0 bridgehead atoms. The van der Waals surface area contributed by atoms with Crippen LogP contribution in [-0.2, 0) is 15.7 Å². The van der Waals surface area contributed by atoms with Crippen molar-refractivity contribution < 1.29 is 32.5 Å². The summed E-state index contributed by atoms with van der Waals surface area (Å²) in [5.41, 5.74) is 0.237. The van der Waals surface area contributed by atoms with Crippen LogP contribution in [0.25, 0.3) is 11.0 Å². The Morgan fingerprint density at radius 3 is 2.68 bits per heavy atom. The highest BCUT2D eigenvalue weighted by atomic mass is 35.5. The summed E-state index contributed by atoms with van der Waals surface area (Å²) in [6.07, 6.45) is -1.68. The summed E-state index contributed by atoms with van der Waals surface area (Å²) in [6.45, 7) is 1.79. The van der Waals surface area contributed by atoms with Gasteiger partial charge in [0, 0.05) is 36.7 Å². The highest BCUT2D eigenvalue weighted by molar-refractivity contribution is 6.31. The second-order valence-electron chi connectivity index (χ2n) is 8.93. The highest BCUT2D eigenvalue weighted by Gasteiger charge is 2.39. The molecule has 4 heterocycles. The van der Waals surface area contributed by atoms with E-state index in [1.165, 1.54) is 31.5 Å². The van der Waals surface area contributed by atoms with Gasteiger partial charge in [-0.25, -0.2) is 9.97 Å². The Kier molecular flexibility index (Phi) is 6.41. The van der Waals surface area contributed by atoms with Gasteiger partial charge in [-0.3, -0.25) is 4.79 Å². The van der Waals surface area contributed by atoms with Gasteiger partial charge in [0.2, 0.25) is 5.88 Å². The molecule has 198 valence electrons. The van der Waals surface area contributed by atoms with E-state index in [9.17, 15) is 23.1 Å². The Morgan fingerprint density at radius 1 is 1.18 bits per heavy atom. The minimum absolute atomic E-state index is 0.0957. The second kappa shape index (κ2) is 9.46. The zero-order valence-electron chi connectivity index (χ0n) is 20.0. The molecule has 1 aliphatic rings. The molecule has 0 fully saturated rings. The zero-order chi connectivity index (χ0) is 27.2. The van der Waals surface area contributed by atoms with Crippen molar-refractivity contribution in [2.75, 3.05) is 24.4 Å². The normalized spacial score (nSPS) is 18.0. The van der Waals surface area contributed by atoms with Crippen LogP contribution >= 0.6 is 11.6 Å². The number of aromatic amines is 1. The number of methoxy groups -OCH3 is 1. The largest absolute Gasteiger partial charge is 0.439 e. The van der Waals surface area contributed by atoms with Crippen LogP contribution in [0.1, 0.15) is 29.7 Å². The van der Waals surface area contributed by atoms with E-state index < -0.39 is 23.4 Å². The van der Waals surface area contributed by atoms with Gasteiger partial charge < -0.3 is 30.2 Å². The molecule has 4 aromatic rings. The number of ether oxygens (including phenoxy) is 2. The van der Waals surface area contributed by atoms with Crippen LogP contribution < -0.4 is 15.4 Å². The Bertz CT molecular complexity index is 1540. The predicted molar refractivity (Wildman–Crippen MR) is 133 cm³/mol. The summed E-state index contributed by atoms with van der Waals surface area (Å²) in [6, 6.07) is 5.96. The topological polar surface area (TPSA) is 121 Å². The number of H-pyrrole nitrogens is 1. The van der Waals surface area contributed by atoms with Crippen molar-refractivity contribution in [3.63, 3.8) is 0 Å². The average Bonchev–Trinajstić information content (AvgIpc) is 3.29. The first kappa shape index (κ1) is 25.8. The summed E-state index contributed by atoms with van der Waals surface area (Å²) in [5.74, 6) is -0.416. The lowest BCUT2D eigenvalue weighted by molar-refractivity contribution is -0.137. The number of pyridine rings is 2. The Balaban J connectivity index is 1.47. The third kappa shape index (κ3) is 4.62. The van der Waals surface area contributed by atoms with E-state index in [0.29, 0.717) is 33.5 Å². The molecule has 9 nitrogen and oxygen atoms in total. The number of nitrogens with one attached hydrogen (secondary N) is 3. The molecule has 0 radical (unpaired) electrons. The molecule has 5 rings (SSSR count). The Labute approximate surface area is 219 Å². The lowest BCUT2D eigenvalue weighted by Crippen LogP contribution is -2.53. The van der Waals surface area contributed by atoms with Crippen LogP contribution in [0.2, 0.25) is 5.02 Å². The number of halogens is 4. The maximum atomic E-state index is 13.0. The number of hydrogen-bond donors (Lipinski definition) is 4. The van der Waals surface area contributed by atoms with Crippen LogP contribution in [0.15, 0.2) is 48.9 Å². The molecule has 13 heteroatoms. The van der Waals surface area contributed by atoms with Crippen molar-refractivity contribution in [1.82, 2.24) is 15.0 Å². The minimum Gasteiger partial charge on any atom is -0.439 e. The number of aromatic nitrogens is 3. The lowest BCUT2D eigenvalue weighted by atomic mass is 9.95. The number of alkyl halides is 3. The molecule has 2 atom stereocenters. The summed E-state index contributed by atoms with van der Waals surface area (Å²) >= 11 is 6.46. The monoisotopic (exact) mass is 547 g/mol. The molecule has 0 aliphatic carbocycles. The fraction of sp³-hybridized carbons (Fsp3) is 0.240. The second-order valence-corrected chi connectivity index (χ2v) is 9.33. The number of rotatable bonds is 6. The third-order valence-corrected chi connectivity index (χ3v) is 6.49. The first-order chi connectivity index (χ1) is 18.0. The van der Waals surface area contributed by atoms with Gasteiger partial charge in [-0.15, -0.1) is 0 Å². The van der Waals surface area contributed by atoms with Gasteiger partial charge in [0.05, 0.1) is 40.2 Å². The minimum atomic E-state index is -4.54. The number of carbonyl (C=O) groups is 1. The van der Waals surface area contributed by atoms with Crippen LogP contribution in [0, 0.1) is 0 Å². The van der Waals surface area contributed by atoms with Gasteiger partial charge in [-0.05, 0) is 25.1 Å². The first-order valence-corrected chi connectivity index (χ1v) is 11.6. The fourth-order valence-electron chi connectivity index (χ4n) is 4.27. The molecule has 0 saturated carbocycles. The Morgan fingerprint density at radius 2 is 1.97 bits per heavy atom. The standard InChI is InChI=1S/C25H21ClF3N5O4/c1-24(11-37-2)23(36)33-17-10-32-22-19(20(17)34-24)15(9-31-22)21(35)14-4-3-13(8-16(14)26)38-18-7-12(5-6-30-18)25(27,28)29/h3-10,21,34-35H,11H2,1-2H3,(H,31,32)(H,33,36). The number of hydrogen-bond acceptors (Lipinski definition) is 7. The van der Waals surface area contributed by atoms with Gasteiger partial charge in [0.15, 0.2) is 0 Å². The van der Waals surface area contributed by atoms with Crippen molar-refractivity contribution in [2.45, 2.75) is 24.7 Å². The van der Waals surface area contributed by atoms with Crippen LogP contribution in [0.3, 0.4) is 0 Å². The van der Waals surface area contributed by atoms with Gasteiger partial charge in [-0.2, -0.15) is 13.2 Å². The van der Waals surface area contributed by atoms with E-state index in [4.69, 9.17) is 21.1 Å². The van der Waals surface area contributed by atoms with Crippen molar-refractivity contribution in [1.29, 1.82) is 0 Å². The Hall–Kier alpha value is -3.87. The summed E-state index contributed by atoms with van der Waals surface area (Å²) in [7, 11) is 1.49. The van der Waals surface area contributed by atoms with Crippen molar-refractivity contribution in [3.8, 4) is 11.6 Å². The number of aliphatic hydroxyl groups excluding tert-OH is 1. The molecule has 1 aliphatic heterocycles. The maximum absolute atomic E-state index is 13.0. The van der Waals surface area contributed by atoms with E-state index >= 15 is 0 Å². The number of amides is 1. The third-order valence-electron chi connectivity index (χ3n) is 6.16. The summed E-state index contributed by atoms with van der Waals surface area (Å²) in [4.78, 5) is 23.8. The maximum Gasteiger partial charge on any atom is 0.416 e. The number of benzene rings is 1. The van der Waals surface area contributed by atoms with Crippen molar-refractivity contribution >= 4 is 39.9 Å². The molecule has 1 aromatic carbocycles. The smallest absolute Gasteiger partial charge is 0.416 e. The molecular formula is C25H21ClF3N5O4. The summed E-state index contributed by atoms with van der Waals surface area (Å²) < 4.78 is 49.7. The number of nitrogens with zero attached hydrogens (tertiary/aromatic N) is 2. The van der Waals surface area contributed by atoms with E-state index in [-0.39, 0.29) is 29.2 Å². The van der Waals surface area contributed by atoms with Gasteiger partial charge >= 0.3 is 6.18 Å². The quantitative estimate of drug-likeness (QED) is 0.259. The van der Waals surface area contributed by atoms with Crippen molar-refractivity contribution in [3.05, 3.63) is 70.6 Å². The van der Waals surface area contributed by atoms with Gasteiger partial charge in [0.1, 0.15) is 23.0 Å². The average molecular weight is 548 g/mol. The number of carbonyl (C=O) groups excluding carboxylic acids is 1. The molecule has 3 aromatic heterocycles. The summed E-state index contributed by atoms with van der Waals surface area (Å²) in [5, 5.41) is 18.0. The van der Waals surface area contributed by atoms with E-state index in [0.717, 1.165) is 18.3 Å². The fourth-order valence-corrected chi connectivity index (χ4v) is 4.54.